The van der Waals surface area contributed by atoms with E-state index in [0.29, 0.717) is 0 Å². The minimum atomic E-state index is 0.837. The standard InChI is InChI=1S/C7H5BrClI/c8-6-2-1-5(4-10)7(9)3-6/h1-3H,4H2. The number of halogens is 3. The molecule has 0 aromatic heterocycles. The van der Waals surface area contributed by atoms with Gasteiger partial charge in [0, 0.05) is 13.9 Å². The summed E-state index contributed by atoms with van der Waals surface area (Å²) in [6, 6.07) is 5.94. The first-order chi connectivity index (χ1) is 4.74. The molecular weight excluding hydrogens is 326 g/mol. The van der Waals surface area contributed by atoms with Gasteiger partial charge in [0.1, 0.15) is 0 Å². The lowest BCUT2D eigenvalue weighted by Crippen LogP contribution is -1.77. The predicted octanol–water partition coefficient (Wildman–Crippen LogP) is 4.04. The molecule has 0 fully saturated rings. The Hall–Kier alpha value is 0.720. The van der Waals surface area contributed by atoms with Crippen molar-refractivity contribution in [2.75, 3.05) is 0 Å². The maximum Gasteiger partial charge on any atom is 0.0457 e. The van der Waals surface area contributed by atoms with E-state index in [2.05, 4.69) is 38.5 Å². The van der Waals surface area contributed by atoms with Crippen molar-refractivity contribution in [1.29, 1.82) is 0 Å². The molecule has 1 aromatic carbocycles. The zero-order valence-corrected chi connectivity index (χ0v) is 9.57. The second kappa shape index (κ2) is 3.93. The fourth-order valence-corrected chi connectivity index (χ4v) is 2.26. The normalized spacial score (nSPS) is 9.90. The number of rotatable bonds is 1. The van der Waals surface area contributed by atoms with Gasteiger partial charge in [0.25, 0.3) is 0 Å². The van der Waals surface area contributed by atoms with Crippen LogP contribution < -0.4 is 0 Å². The second-order valence-electron chi connectivity index (χ2n) is 1.87. The van der Waals surface area contributed by atoms with Gasteiger partial charge in [-0.2, -0.15) is 0 Å². The summed E-state index contributed by atoms with van der Waals surface area (Å²) in [5.74, 6) is 0. The SMILES string of the molecule is Clc1cc(Br)ccc1CI. The molecule has 3 heteroatoms. The van der Waals surface area contributed by atoms with Gasteiger partial charge in [-0.15, -0.1) is 0 Å². The van der Waals surface area contributed by atoms with E-state index in [1.807, 2.05) is 18.2 Å². The van der Waals surface area contributed by atoms with Crippen LogP contribution in [0.5, 0.6) is 0 Å². The van der Waals surface area contributed by atoms with E-state index in [9.17, 15) is 0 Å². The maximum absolute atomic E-state index is 5.89. The van der Waals surface area contributed by atoms with Crippen molar-refractivity contribution >= 4 is 50.1 Å². The fourth-order valence-electron chi connectivity index (χ4n) is 0.630. The zero-order valence-electron chi connectivity index (χ0n) is 5.07. The van der Waals surface area contributed by atoms with Gasteiger partial charge in [0.15, 0.2) is 0 Å². The van der Waals surface area contributed by atoms with Gasteiger partial charge in [-0.05, 0) is 17.7 Å². The van der Waals surface area contributed by atoms with E-state index in [0.717, 1.165) is 13.9 Å². The molecule has 0 aliphatic carbocycles. The Labute approximate surface area is 87.2 Å². The molecule has 0 N–H and O–H groups in total. The molecule has 0 atom stereocenters. The first-order valence-electron chi connectivity index (χ1n) is 2.74. The lowest BCUT2D eigenvalue weighted by atomic mass is 10.2. The monoisotopic (exact) mass is 330 g/mol. The summed E-state index contributed by atoms with van der Waals surface area (Å²) >= 11 is 11.5. The van der Waals surface area contributed by atoms with Crippen molar-refractivity contribution in [3.8, 4) is 0 Å². The quantitative estimate of drug-likeness (QED) is 0.538. The first kappa shape index (κ1) is 8.81. The molecule has 0 aliphatic rings. The number of alkyl halides is 1. The average molecular weight is 331 g/mol. The van der Waals surface area contributed by atoms with Crippen molar-refractivity contribution in [2.24, 2.45) is 0 Å². The van der Waals surface area contributed by atoms with Crippen LogP contribution in [-0.4, -0.2) is 0 Å². The van der Waals surface area contributed by atoms with Crippen LogP contribution in [0.3, 0.4) is 0 Å². The Bertz CT molecular complexity index is 237. The number of benzene rings is 1. The Kier molecular flexibility index (Phi) is 3.46. The van der Waals surface area contributed by atoms with Gasteiger partial charge in [0.2, 0.25) is 0 Å². The second-order valence-corrected chi connectivity index (χ2v) is 3.96. The third-order valence-electron chi connectivity index (χ3n) is 1.16. The molecular formula is C7H5BrClI. The van der Waals surface area contributed by atoms with E-state index in [4.69, 9.17) is 11.6 Å². The van der Waals surface area contributed by atoms with Crippen LogP contribution in [0.2, 0.25) is 5.02 Å². The minimum Gasteiger partial charge on any atom is -0.0840 e. The van der Waals surface area contributed by atoms with E-state index >= 15 is 0 Å². The lowest BCUT2D eigenvalue weighted by molar-refractivity contribution is 1.44. The molecule has 0 saturated carbocycles. The minimum absolute atomic E-state index is 0.837. The van der Waals surface area contributed by atoms with Crippen LogP contribution in [0, 0.1) is 0 Å². The average Bonchev–Trinajstić information content (AvgIpc) is 1.88. The highest BCUT2D eigenvalue weighted by atomic mass is 127. The van der Waals surface area contributed by atoms with Crippen LogP contribution in [-0.2, 0) is 4.43 Å². The molecule has 0 spiro atoms. The van der Waals surface area contributed by atoms with E-state index < -0.39 is 0 Å². The molecule has 0 saturated heterocycles. The summed E-state index contributed by atoms with van der Waals surface area (Å²) in [4.78, 5) is 0. The van der Waals surface area contributed by atoms with Gasteiger partial charge in [0.05, 0.1) is 0 Å². The number of hydrogen-bond acceptors (Lipinski definition) is 0. The summed E-state index contributed by atoms with van der Waals surface area (Å²) in [6.07, 6.45) is 0. The highest BCUT2D eigenvalue weighted by Crippen LogP contribution is 2.22. The largest absolute Gasteiger partial charge is 0.0840 e. The van der Waals surface area contributed by atoms with Crippen LogP contribution in [0.25, 0.3) is 0 Å². The molecule has 0 radical (unpaired) electrons. The van der Waals surface area contributed by atoms with Gasteiger partial charge >= 0.3 is 0 Å². The van der Waals surface area contributed by atoms with Crippen LogP contribution in [0.4, 0.5) is 0 Å². The molecule has 0 nitrogen and oxygen atoms in total. The molecule has 1 rings (SSSR count). The van der Waals surface area contributed by atoms with Crippen LogP contribution in [0.1, 0.15) is 5.56 Å². The van der Waals surface area contributed by atoms with Crippen molar-refractivity contribution in [3.63, 3.8) is 0 Å². The van der Waals surface area contributed by atoms with Gasteiger partial charge < -0.3 is 0 Å². The summed E-state index contributed by atoms with van der Waals surface area (Å²) in [5, 5.41) is 0.837. The summed E-state index contributed by atoms with van der Waals surface area (Å²) in [7, 11) is 0. The molecule has 10 heavy (non-hydrogen) atoms. The molecule has 54 valence electrons. The summed E-state index contributed by atoms with van der Waals surface area (Å²) in [6.45, 7) is 0. The fraction of sp³-hybridized carbons (Fsp3) is 0.143. The molecule has 0 unspecified atom stereocenters. The third-order valence-corrected chi connectivity index (χ3v) is 2.83. The topological polar surface area (TPSA) is 0 Å². The Balaban J connectivity index is 3.07. The Morgan fingerprint density at radius 2 is 2.20 bits per heavy atom. The number of hydrogen-bond donors (Lipinski definition) is 0. The van der Waals surface area contributed by atoms with Crippen molar-refractivity contribution in [2.45, 2.75) is 4.43 Å². The molecule has 0 heterocycles. The van der Waals surface area contributed by atoms with Crippen LogP contribution >= 0.6 is 50.1 Å². The molecule has 1 aromatic rings. The molecule has 0 aliphatic heterocycles. The Morgan fingerprint density at radius 3 is 2.70 bits per heavy atom. The Morgan fingerprint density at radius 1 is 1.50 bits per heavy atom. The predicted molar refractivity (Wildman–Crippen MR) is 56.9 cm³/mol. The highest BCUT2D eigenvalue weighted by molar-refractivity contribution is 14.1. The van der Waals surface area contributed by atoms with Gasteiger partial charge in [-0.1, -0.05) is 56.2 Å². The van der Waals surface area contributed by atoms with Crippen molar-refractivity contribution < 1.29 is 0 Å². The van der Waals surface area contributed by atoms with E-state index in [1.165, 1.54) is 5.56 Å². The van der Waals surface area contributed by atoms with E-state index in [-0.39, 0.29) is 0 Å². The van der Waals surface area contributed by atoms with Gasteiger partial charge in [-0.3, -0.25) is 0 Å². The maximum atomic E-state index is 5.89. The molecule has 0 amide bonds. The summed E-state index contributed by atoms with van der Waals surface area (Å²) < 4.78 is 2.00. The van der Waals surface area contributed by atoms with E-state index in [1.54, 1.807) is 0 Å². The first-order valence-corrected chi connectivity index (χ1v) is 5.43. The van der Waals surface area contributed by atoms with Crippen LogP contribution in [0.15, 0.2) is 22.7 Å². The third kappa shape index (κ3) is 2.10. The molecule has 0 bridgehead atoms. The van der Waals surface area contributed by atoms with Gasteiger partial charge in [-0.25, -0.2) is 0 Å². The zero-order chi connectivity index (χ0) is 7.56. The highest BCUT2D eigenvalue weighted by Gasteiger charge is 1.97. The van der Waals surface area contributed by atoms with Crippen molar-refractivity contribution in [3.05, 3.63) is 33.3 Å². The summed E-state index contributed by atoms with van der Waals surface area (Å²) in [5.41, 5.74) is 1.19. The van der Waals surface area contributed by atoms with Crippen molar-refractivity contribution in [1.82, 2.24) is 0 Å². The smallest absolute Gasteiger partial charge is 0.0457 e. The lowest BCUT2D eigenvalue weighted by Gasteiger charge is -1.98.